The molecular formula is C24H17F2NO5S. The molecule has 9 heteroatoms. The minimum absolute atomic E-state index is 0.0550. The van der Waals surface area contributed by atoms with E-state index < -0.39 is 32.5 Å². The van der Waals surface area contributed by atoms with Gasteiger partial charge in [0.2, 0.25) is 0 Å². The molecule has 0 heterocycles. The summed E-state index contributed by atoms with van der Waals surface area (Å²) < 4.78 is 62.1. The highest BCUT2D eigenvalue weighted by molar-refractivity contribution is 7.92. The minimum atomic E-state index is -4.33. The second kappa shape index (κ2) is 8.51. The molecule has 33 heavy (non-hydrogen) atoms. The number of fused-ring (bicyclic) bond motifs is 1. The average molecular weight is 469 g/mol. The Balaban J connectivity index is 1.85. The second-order valence-electron chi connectivity index (χ2n) is 7.11. The monoisotopic (exact) mass is 469 g/mol. The number of rotatable bonds is 6. The third-order valence-corrected chi connectivity index (χ3v) is 6.48. The van der Waals surface area contributed by atoms with Crippen LogP contribution in [0.3, 0.4) is 0 Å². The molecule has 0 radical (unpaired) electrons. The van der Waals surface area contributed by atoms with E-state index in [-0.39, 0.29) is 22.6 Å². The van der Waals surface area contributed by atoms with Crippen molar-refractivity contribution in [3.63, 3.8) is 0 Å². The third-order valence-electron chi connectivity index (χ3n) is 5.10. The largest absolute Gasteiger partial charge is 0.497 e. The molecule has 0 aliphatic rings. The number of ether oxygens (including phenoxy) is 1. The Morgan fingerprint density at radius 2 is 1.58 bits per heavy atom. The van der Waals surface area contributed by atoms with Crippen molar-refractivity contribution in [2.45, 2.75) is 4.90 Å². The van der Waals surface area contributed by atoms with Crippen molar-refractivity contribution in [3.8, 4) is 16.9 Å². The van der Waals surface area contributed by atoms with Crippen molar-refractivity contribution in [2.75, 3.05) is 11.8 Å². The average Bonchev–Trinajstić information content (AvgIpc) is 2.80. The Morgan fingerprint density at radius 1 is 0.879 bits per heavy atom. The lowest BCUT2D eigenvalue weighted by molar-refractivity contribution is 0.0697. The summed E-state index contributed by atoms with van der Waals surface area (Å²) in [4.78, 5) is 10.8. The van der Waals surface area contributed by atoms with E-state index in [1.165, 1.54) is 31.4 Å². The molecule has 0 fully saturated rings. The number of hydrogen-bond acceptors (Lipinski definition) is 4. The summed E-state index contributed by atoms with van der Waals surface area (Å²) in [5.74, 6) is -2.61. The summed E-state index contributed by atoms with van der Waals surface area (Å²) >= 11 is 0. The molecule has 4 rings (SSSR count). The number of halogens is 2. The molecule has 0 aromatic heterocycles. The van der Waals surface area contributed by atoms with Gasteiger partial charge in [-0.2, -0.15) is 0 Å². The van der Waals surface area contributed by atoms with Gasteiger partial charge in [-0.1, -0.05) is 30.3 Å². The van der Waals surface area contributed by atoms with Gasteiger partial charge >= 0.3 is 5.97 Å². The van der Waals surface area contributed by atoms with Crippen LogP contribution in [0.15, 0.2) is 77.7 Å². The topological polar surface area (TPSA) is 92.7 Å². The normalized spacial score (nSPS) is 11.4. The van der Waals surface area contributed by atoms with Crippen molar-refractivity contribution >= 4 is 32.5 Å². The fourth-order valence-electron chi connectivity index (χ4n) is 3.50. The zero-order valence-corrected chi connectivity index (χ0v) is 18.0. The van der Waals surface area contributed by atoms with Gasteiger partial charge in [0.05, 0.1) is 18.4 Å². The van der Waals surface area contributed by atoms with Crippen molar-refractivity contribution in [3.05, 3.63) is 90.0 Å². The summed E-state index contributed by atoms with van der Waals surface area (Å²) in [5.41, 5.74) is 0.487. The number of hydrogen-bond donors (Lipinski definition) is 2. The SMILES string of the molecule is COc1ccc(F)c(S(=O)(=O)Nc2ccc(-c3cc(C(=O)O)ccc3F)c3ccccc23)c1. The molecule has 0 saturated heterocycles. The molecule has 0 amide bonds. The van der Waals surface area contributed by atoms with Gasteiger partial charge < -0.3 is 9.84 Å². The van der Waals surface area contributed by atoms with Crippen LogP contribution in [0.4, 0.5) is 14.5 Å². The van der Waals surface area contributed by atoms with Crippen LogP contribution in [0.25, 0.3) is 21.9 Å². The van der Waals surface area contributed by atoms with Crippen LogP contribution in [0.1, 0.15) is 10.4 Å². The number of carboxylic acids is 1. The molecule has 6 nitrogen and oxygen atoms in total. The summed E-state index contributed by atoms with van der Waals surface area (Å²) in [7, 11) is -2.99. The molecule has 4 aromatic rings. The minimum Gasteiger partial charge on any atom is -0.497 e. The molecule has 2 N–H and O–H groups in total. The van der Waals surface area contributed by atoms with Crippen LogP contribution in [-0.2, 0) is 10.0 Å². The summed E-state index contributed by atoms with van der Waals surface area (Å²) in [6.45, 7) is 0. The molecule has 0 aliphatic carbocycles. The van der Waals surface area contributed by atoms with Crippen LogP contribution in [0.2, 0.25) is 0 Å². The zero-order chi connectivity index (χ0) is 23.8. The van der Waals surface area contributed by atoms with Crippen LogP contribution < -0.4 is 9.46 Å². The molecule has 4 aromatic carbocycles. The molecule has 0 aliphatic heterocycles. The molecule has 0 unspecified atom stereocenters. The maximum absolute atomic E-state index is 14.6. The predicted octanol–water partition coefficient (Wildman–Crippen LogP) is 5.29. The highest BCUT2D eigenvalue weighted by Gasteiger charge is 2.22. The number of sulfonamides is 1. The lowest BCUT2D eigenvalue weighted by Crippen LogP contribution is -2.15. The Labute approximate surface area is 188 Å². The highest BCUT2D eigenvalue weighted by atomic mass is 32.2. The first-order valence-electron chi connectivity index (χ1n) is 9.62. The van der Waals surface area contributed by atoms with E-state index in [2.05, 4.69) is 4.72 Å². The van der Waals surface area contributed by atoms with E-state index in [1.54, 1.807) is 24.3 Å². The van der Waals surface area contributed by atoms with Crippen LogP contribution in [0, 0.1) is 11.6 Å². The van der Waals surface area contributed by atoms with Crippen molar-refractivity contribution in [1.29, 1.82) is 0 Å². The van der Waals surface area contributed by atoms with E-state index in [0.29, 0.717) is 16.3 Å². The third kappa shape index (κ3) is 4.22. The van der Waals surface area contributed by atoms with Gasteiger partial charge in [0.25, 0.3) is 10.0 Å². The first kappa shape index (κ1) is 22.2. The first-order valence-corrected chi connectivity index (χ1v) is 11.1. The summed E-state index contributed by atoms with van der Waals surface area (Å²) in [6.07, 6.45) is 0. The summed E-state index contributed by atoms with van der Waals surface area (Å²) in [6, 6.07) is 16.3. The lowest BCUT2D eigenvalue weighted by atomic mass is 9.95. The van der Waals surface area contributed by atoms with Crippen LogP contribution in [0.5, 0.6) is 5.75 Å². The second-order valence-corrected chi connectivity index (χ2v) is 8.76. The summed E-state index contributed by atoms with van der Waals surface area (Å²) in [5, 5.41) is 10.2. The van der Waals surface area contributed by atoms with E-state index in [1.807, 2.05) is 0 Å². The van der Waals surface area contributed by atoms with Gasteiger partial charge in [-0.25, -0.2) is 22.0 Å². The van der Waals surface area contributed by atoms with Gasteiger partial charge in [0.1, 0.15) is 22.3 Å². The quantitative estimate of drug-likeness (QED) is 0.400. The number of methoxy groups -OCH3 is 1. The number of benzene rings is 4. The van der Waals surface area contributed by atoms with E-state index in [9.17, 15) is 27.1 Å². The fraction of sp³-hybridized carbons (Fsp3) is 0.0417. The Morgan fingerprint density at radius 3 is 2.27 bits per heavy atom. The number of carbonyl (C=O) groups is 1. The number of nitrogens with one attached hydrogen (secondary N) is 1. The van der Waals surface area contributed by atoms with Crippen molar-refractivity contribution < 1.29 is 31.8 Å². The van der Waals surface area contributed by atoms with E-state index in [4.69, 9.17) is 4.74 Å². The molecule has 0 atom stereocenters. The molecule has 168 valence electrons. The maximum atomic E-state index is 14.6. The van der Waals surface area contributed by atoms with E-state index >= 15 is 0 Å². The van der Waals surface area contributed by atoms with Crippen LogP contribution in [-0.4, -0.2) is 26.6 Å². The molecule has 0 saturated carbocycles. The van der Waals surface area contributed by atoms with Gasteiger partial charge in [-0.05, 0) is 47.3 Å². The number of anilines is 1. The molecule has 0 spiro atoms. The van der Waals surface area contributed by atoms with Gasteiger partial charge in [-0.3, -0.25) is 4.72 Å². The maximum Gasteiger partial charge on any atom is 0.335 e. The molecule has 0 bridgehead atoms. The Kier molecular flexibility index (Phi) is 5.73. The van der Waals surface area contributed by atoms with Crippen molar-refractivity contribution in [2.24, 2.45) is 0 Å². The van der Waals surface area contributed by atoms with Gasteiger partial charge in [-0.15, -0.1) is 0 Å². The lowest BCUT2D eigenvalue weighted by Gasteiger charge is -2.15. The van der Waals surface area contributed by atoms with Gasteiger partial charge in [0, 0.05) is 17.0 Å². The van der Waals surface area contributed by atoms with E-state index in [0.717, 1.165) is 24.3 Å². The first-order chi connectivity index (χ1) is 15.7. The Hall–Kier alpha value is -3.98. The number of carboxylic acid groups (broad SMARTS) is 1. The number of aromatic carboxylic acids is 1. The highest BCUT2D eigenvalue weighted by Crippen LogP contribution is 2.36. The Bertz CT molecular complexity index is 1500. The van der Waals surface area contributed by atoms with Crippen LogP contribution >= 0.6 is 0 Å². The van der Waals surface area contributed by atoms with Crippen molar-refractivity contribution in [1.82, 2.24) is 0 Å². The zero-order valence-electron chi connectivity index (χ0n) is 17.2. The van der Waals surface area contributed by atoms with Gasteiger partial charge in [0.15, 0.2) is 0 Å². The smallest absolute Gasteiger partial charge is 0.335 e. The standard InChI is InChI=1S/C24H17F2NO5S/c1-32-15-7-10-21(26)23(13-15)33(30,31)27-22-11-8-17(16-4-2-3-5-18(16)22)19-12-14(24(28)29)6-9-20(19)25/h2-13,27H,1H3,(H,28,29). The predicted molar refractivity (Wildman–Crippen MR) is 120 cm³/mol. The fourth-order valence-corrected chi connectivity index (χ4v) is 4.68. The molecular weight excluding hydrogens is 452 g/mol.